The number of rotatable bonds is 4. The predicted molar refractivity (Wildman–Crippen MR) is 89.4 cm³/mol. The number of nitro groups is 1. The highest BCUT2D eigenvalue weighted by molar-refractivity contribution is 6.35. The molecule has 0 bridgehead atoms. The van der Waals surface area contributed by atoms with E-state index in [2.05, 4.69) is 9.72 Å². The molecule has 0 saturated heterocycles. The normalized spacial score (nSPS) is 10.5. The second kappa shape index (κ2) is 6.69. The molecular weight excluding hydrogens is 338 g/mol. The summed E-state index contributed by atoms with van der Waals surface area (Å²) in [5.41, 5.74) is 17.5. The molecule has 0 aliphatic rings. The smallest absolute Gasteiger partial charge is 0.358 e. The number of nitrogen functional groups attached to an aromatic ring is 2. The summed E-state index contributed by atoms with van der Waals surface area (Å²) in [6.45, 7) is 0.0566. The van der Waals surface area contributed by atoms with Crippen molar-refractivity contribution < 1.29 is 14.5 Å². The maximum absolute atomic E-state index is 11.8. The van der Waals surface area contributed by atoms with E-state index in [0.29, 0.717) is 5.56 Å². The molecule has 2 rings (SSSR count). The number of nitrogens with two attached hydrogens (primary N) is 3. The summed E-state index contributed by atoms with van der Waals surface area (Å²) >= 11 is 5.96. The quantitative estimate of drug-likeness (QED) is 0.324. The van der Waals surface area contributed by atoms with Crippen molar-refractivity contribution >= 4 is 34.6 Å². The van der Waals surface area contributed by atoms with Crippen molar-refractivity contribution in [2.45, 2.75) is 6.54 Å². The molecule has 24 heavy (non-hydrogen) atoms. The zero-order valence-electron chi connectivity index (χ0n) is 12.6. The van der Waals surface area contributed by atoms with Crippen molar-refractivity contribution in [2.75, 3.05) is 18.6 Å². The molecule has 0 spiro atoms. The number of carbonyl (C=O) groups is 1. The molecule has 0 aliphatic carbocycles. The number of nitro benzene ring substituents is 1. The van der Waals surface area contributed by atoms with E-state index in [1.54, 1.807) is 6.07 Å². The second-order valence-electron chi connectivity index (χ2n) is 4.79. The fraction of sp³-hybridized carbons (Fsp3) is 0.143. The van der Waals surface area contributed by atoms with Crippen LogP contribution in [0.25, 0.3) is 11.3 Å². The van der Waals surface area contributed by atoms with Crippen LogP contribution in [0.15, 0.2) is 18.2 Å². The van der Waals surface area contributed by atoms with Gasteiger partial charge in [-0.1, -0.05) is 11.6 Å². The van der Waals surface area contributed by atoms with Crippen LogP contribution in [0.5, 0.6) is 0 Å². The molecule has 0 atom stereocenters. The molecule has 0 fully saturated rings. The molecule has 1 heterocycles. The van der Waals surface area contributed by atoms with Crippen molar-refractivity contribution in [1.82, 2.24) is 4.98 Å². The first-order valence-electron chi connectivity index (χ1n) is 6.61. The van der Waals surface area contributed by atoms with Crippen molar-refractivity contribution in [3.63, 3.8) is 0 Å². The van der Waals surface area contributed by atoms with Crippen LogP contribution in [0.3, 0.4) is 0 Å². The number of carbonyl (C=O) groups excluding carboxylic acids is 1. The maximum atomic E-state index is 11.8. The first kappa shape index (κ1) is 17.4. The summed E-state index contributed by atoms with van der Waals surface area (Å²) < 4.78 is 4.60. The molecule has 6 N–H and O–H groups in total. The van der Waals surface area contributed by atoms with Gasteiger partial charge in [0.1, 0.15) is 5.69 Å². The average Bonchev–Trinajstić information content (AvgIpc) is 2.56. The van der Waals surface area contributed by atoms with Gasteiger partial charge in [-0.2, -0.15) is 0 Å². The number of ether oxygens (including phenoxy) is 1. The van der Waals surface area contributed by atoms with Gasteiger partial charge >= 0.3 is 5.97 Å². The number of benzene rings is 1. The first-order valence-corrected chi connectivity index (χ1v) is 6.99. The number of methoxy groups -OCH3 is 1. The Kier molecular flexibility index (Phi) is 4.86. The lowest BCUT2D eigenvalue weighted by Gasteiger charge is -2.11. The van der Waals surface area contributed by atoms with Crippen molar-refractivity contribution in [2.24, 2.45) is 5.73 Å². The van der Waals surface area contributed by atoms with Crippen molar-refractivity contribution in [3.05, 3.63) is 44.6 Å². The van der Waals surface area contributed by atoms with Crippen LogP contribution in [-0.2, 0) is 11.3 Å². The third-order valence-electron chi connectivity index (χ3n) is 3.29. The van der Waals surface area contributed by atoms with E-state index in [1.165, 1.54) is 12.1 Å². The molecule has 0 radical (unpaired) electrons. The second-order valence-corrected chi connectivity index (χ2v) is 5.17. The lowest BCUT2D eigenvalue weighted by molar-refractivity contribution is -0.383. The zero-order chi connectivity index (χ0) is 18.0. The van der Waals surface area contributed by atoms with Crippen LogP contribution in [0.2, 0.25) is 5.02 Å². The van der Waals surface area contributed by atoms with Crippen LogP contribution >= 0.6 is 11.6 Å². The maximum Gasteiger partial charge on any atom is 0.358 e. The first-order chi connectivity index (χ1) is 11.3. The van der Waals surface area contributed by atoms with Gasteiger partial charge in [-0.25, -0.2) is 9.78 Å². The molecule has 1 aromatic carbocycles. The molecule has 0 unspecified atom stereocenters. The van der Waals surface area contributed by atoms with Crippen LogP contribution in [0.4, 0.5) is 17.1 Å². The van der Waals surface area contributed by atoms with Gasteiger partial charge < -0.3 is 21.9 Å². The van der Waals surface area contributed by atoms with Gasteiger partial charge in [0.2, 0.25) is 0 Å². The van der Waals surface area contributed by atoms with Gasteiger partial charge in [-0.15, -0.1) is 0 Å². The van der Waals surface area contributed by atoms with Gasteiger partial charge in [-0.05, 0) is 17.7 Å². The van der Waals surface area contributed by atoms with Crippen LogP contribution in [0.1, 0.15) is 16.1 Å². The minimum Gasteiger partial charge on any atom is -0.464 e. The lowest BCUT2D eigenvalue weighted by Crippen LogP contribution is -2.09. The van der Waals surface area contributed by atoms with E-state index in [1.807, 2.05) is 0 Å². The minimum atomic E-state index is -0.795. The third kappa shape index (κ3) is 3.07. The van der Waals surface area contributed by atoms with Crippen LogP contribution in [0, 0.1) is 10.1 Å². The Balaban J connectivity index is 2.77. The van der Waals surface area contributed by atoms with E-state index in [9.17, 15) is 14.9 Å². The molecular formula is C14H14ClN5O4. The Hall–Kier alpha value is -2.91. The average molecular weight is 352 g/mol. The molecule has 0 saturated carbocycles. The number of hydrogen-bond acceptors (Lipinski definition) is 8. The molecule has 9 nitrogen and oxygen atoms in total. The Labute approximate surface area is 141 Å². The fourth-order valence-corrected chi connectivity index (χ4v) is 2.27. The van der Waals surface area contributed by atoms with E-state index >= 15 is 0 Å². The Morgan fingerprint density at radius 2 is 2.04 bits per heavy atom. The summed E-state index contributed by atoms with van der Waals surface area (Å²) in [5, 5.41) is 11.1. The summed E-state index contributed by atoms with van der Waals surface area (Å²) in [4.78, 5) is 26.4. The Bertz CT molecular complexity index is 840. The molecule has 0 aliphatic heterocycles. The lowest BCUT2D eigenvalue weighted by atomic mass is 10.0. The fourth-order valence-electron chi connectivity index (χ4n) is 2.10. The van der Waals surface area contributed by atoms with Crippen LogP contribution in [-0.4, -0.2) is 23.0 Å². The number of anilines is 2. The summed E-state index contributed by atoms with van der Waals surface area (Å²) in [7, 11) is 1.16. The minimum absolute atomic E-state index is 0.0566. The van der Waals surface area contributed by atoms with Crippen LogP contribution < -0.4 is 17.2 Å². The predicted octanol–water partition coefficient (Wildman–Crippen LogP) is 1.72. The van der Waals surface area contributed by atoms with Gasteiger partial charge in [0.25, 0.3) is 5.69 Å². The van der Waals surface area contributed by atoms with Gasteiger partial charge in [0.05, 0.1) is 28.4 Å². The topological polar surface area (TPSA) is 160 Å². The summed E-state index contributed by atoms with van der Waals surface area (Å²) in [6.07, 6.45) is 0. The van der Waals surface area contributed by atoms with Gasteiger partial charge in [-0.3, -0.25) is 10.1 Å². The molecule has 1 aromatic heterocycles. The highest BCUT2D eigenvalue weighted by Gasteiger charge is 2.22. The van der Waals surface area contributed by atoms with E-state index in [0.717, 1.165) is 7.11 Å². The van der Waals surface area contributed by atoms with Gasteiger partial charge in [0.15, 0.2) is 5.69 Å². The standard InChI is InChI=1S/C14H14ClN5O4/c1-24-14(21)13-11(15)8(17)4-9(19-13)7-2-6(5-16)3-10(12(7)18)20(22)23/h2-4H,5,16,18H2,1H3,(H2,17,19). The summed E-state index contributed by atoms with van der Waals surface area (Å²) in [5.74, 6) is -0.795. The number of halogens is 1. The summed E-state index contributed by atoms with van der Waals surface area (Å²) in [6, 6.07) is 4.18. The Morgan fingerprint density at radius 1 is 1.38 bits per heavy atom. The number of aromatic nitrogens is 1. The number of esters is 1. The number of pyridine rings is 1. The highest BCUT2D eigenvalue weighted by atomic mass is 35.5. The Morgan fingerprint density at radius 3 is 2.58 bits per heavy atom. The molecule has 2 aromatic rings. The highest BCUT2D eigenvalue weighted by Crippen LogP contribution is 2.36. The number of nitrogens with zero attached hydrogens (tertiary/aromatic N) is 2. The number of hydrogen-bond donors (Lipinski definition) is 3. The van der Waals surface area contributed by atoms with E-state index in [-0.39, 0.29) is 45.6 Å². The van der Waals surface area contributed by atoms with Crippen molar-refractivity contribution in [3.8, 4) is 11.3 Å². The monoisotopic (exact) mass is 351 g/mol. The zero-order valence-corrected chi connectivity index (χ0v) is 13.3. The largest absolute Gasteiger partial charge is 0.464 e. The van der Waals surface area contributed by atoms with E-state index < -0.39 is 10.9 Å². The van der Waals surface area contributed by atoms with Crippen molar-refractivity contribution in [1.29, 1.82) is 0 Å². The van der Waals surface area contributed by atoms with Gasteiger partial charge in [0, 0.05) is 18.2 Å². The SMILES string of the molecule is COC(=O)c1nc(-c2cc(CN)cc([N+](=O)[O-])c2N)cc(N)c1Cl. The third-order valence-corrected chi connectivity index (χ3v) is 3.69. The molecule has 10 heteroatoms. The molecule has 126 valence electrons. The molecule has 0 amide bonds. The van der Waals surface area contributed by atoms with E-state index in [4.69, 9.17) is 28.8 Å².